The Kier molecular flexibility index (Phi) is 7.20. The number of piperazine rings is 1. The lowest BCUT2D eigenvalue weighted by Crippen LogP contribution is -2.55. The number of aromatic nitrogens is 1. The van der Waals surface area contributed by atoms with Gasteiger partial charge in [0.2, 0.25) is 12.7 Å². The fourth-order valence-corrected chi connectivity index (χ4v) is 5.96. The largest absolute Gasteiger partial charge is 0.462 e. The number of amides is 1. The maximum atomic E-state index is 13.6. The Labute approximate surface area is 224 Å². The standard InChI is InChI=1S/C31H36N4O3/c1-24-9-11-26(12-10-24)31-27-8-5-13-32(27)16-19-35(31)21-30(36)34-17-14-33(15-18-34)28(29-22-37-23-38-29)20-25-6-3-2-4-7-25/h2-13,22,28,31H,14-21,23H2,1H3. The summed E-state index contributed by atoms with van der Waals surface area (Å²) in [6, 6.07) is 23.7. The maximum absolute atomic E-state index is 13.6. The third-order valence-corrected chi connectivity index (χ3v) is 8.07. The van der Waals surface area contributed by atoms with E-state index >= 15 is 0 Å². The first-order chi connectivity index (χ1) is 18.7. The van der Waals surface area contributed by atoms with Crippen LogP contribution >= 0.6 is 0 Å². The zero-order valence-electron chi connectivity index (χ0n) is 22.0. The first kappa shape index (κ1) is 24.8. The van der Waals surface area contributed by atoms with Gasteiger partial charge in [0.1, 0.15) is 6.26 Å². The van der Waals surface area contributed by atoms with Crippen LogP contribution in [-0.4, -0.2) is 77.3 Å². The molecule has 0 N–H and O–H groups in total. The van der Waals surface area contributed by atoms with Crippen molar-refractivity contribution in [3.63, 3.8) is 0 Å². The molecule has 4 heterocycles. The first-order valence-electron chi connectivity index (χ1n) is 13.6. The Morgan fingerprint density at radius 1 is 0.921 bits per heavy atom. The first-order valence-corrected chi connectivity index (χ1v) is 13.6. The van der Waals surface area contributed by atoms with Gasteiger partial charge in [-0.05, 0) is 36.6 Å². The van der Waals surface area contributed by atoms with Crippen molar-refractivity contribution in [2.24, 2.45) is 0 Å². The molecule has 2 unspecified atom stereocenters. The van der Waals surface area contributed by atoms with Crippen LogP contribution in [0.5, 0.6) is 0 Å². The van der Waals surface area contributed by atoms with Crippen LogP contribution < -0.4 is 0 Å². The number of hydrogen-bond donors (Lipinski definition) is 0. The Balaban J connectivity index is 1.12. The molecule has 1 amide bonds. The Bertz CT molecular complexity index is 1260. The summed E-state index contributed by atoms with van der Waals surface area (Å²) in [5.74, 6) is 1.09. The van der Waals surface area contributed by atoms with E-state index in [1.165, 1.54) is 22.4 Å². The van der Waals surface area contributed by atoms with Crippen LogP contribution in [0.3, 0.4) is 0 Å². The van der Waals surface area contributed by atoms with E-state index in [4.69, 9.17) is 9.47 Å². The Morgan fingerprint density at radius 3 is 2.45 bits per heavy atom. The average molecular weight is 513 g/mol. The molecular formula is C31H36N4O3. The number of carbonyl (C=O) groups is 1. The van der Waals surface area contributed by atoms with Crippen LogP contribution in [0, 0.1) is 6.92 Å². The van der Waals surface area contributed by atoms with Gasteiger partial charge in [-0.2, -0.15) is 0 Å². The van der Waals surface area contributed by atoms with Crippen molar-refractivity contribution >= 4 is 5.91 Å². The molecule has 3 aromatic rings. The lowest BCUT2D eigenvalue weighted by Gasteiger charge is -2.41. The van der Waals surface area contributed by atoms with Crippen LogP contribution in [0.25, 0.3) is 0 Å². The minimum atomic E-state index is 0.0892. The molecule has 7 nitrogen and oxygen atoms in total. The molecule has 6 rings (SSSR count). The summed E-state index contributed by atoms with van der Waals surface area (Å²) in [6.45, 7) is 7.65. The molecule has 1 fully saturated rings. The van der Waals surface area contributed by atoms with E-state index < -0.39 is 0 Å². The molecule has 0 bridgehead atoms. The third-order valence-electron chi connectivity index (χ3n) is 8.07. The normalized spacial score (nSPS) is 20.8. The van der Waals surface area contributed by atoms with E-state index in [1.807, 2.05) is 11.0 Å². The lowest BCUT2D eigenvalue weighted by molar-refractivity contribution is -0.135. The van der Waals surface area contributed by atoms with Crippen molar-refractivity contribution in [1.29, 1.82) is 0 Å². The molecule has 1 aromatic heterocycles. The topological polar surface area (TPSA) is 50.2 Å². The highest BCUT2D eigenvalue weighted by atomic mass is 16.7. The molecule has 3 aliphatic heterocycles. The molecule has 3 aliphatic rings. The summed E-state index contributed by atoms with van der Waals surface area (Å²) in [4.78, 5) is 20.4. The van der Waals surface area contributed by atoms with Crippen molar-refractivity contribution in [1.82, 2.24) is 19.3 Å². The van der Waals surface area contributed by atoms with Crippen molar-refractivity contribution in [3.8, 4) is 0 Å². The van der Waals surface area contributed by atoms with E-state index in [-0.39, 0.29) is 24.8 Å². The van der Waals surface area contributed by atoms with Gasteiger partial charge in [-0.15, -0.1) is 0 Å². The second-order valence-electron chi connectivity index (χ2n) is 10.5. The minimum Gasteiger partial charge on any atom is -0.462 e. The van der Waals surface area contributed by atoms with E-state index in [0.717, 1.165) is 51.4 Å². The molecular weight excluding hydrogens is 476 g/mol. The number of fused-ring (bicyclic) bond motifs is 1. The average Bonchev–Trinajstić information content (AvgIpc) is 3.66. The molecule has 0 aliphatic carbocycles. The second kappa shape index (κ2) is 11.1. The van der Waals surface area contributed by atoms with Gasteiger partial charge in [0.15, 0.2) is 5.76 Å². The SMILES string of the molecule is Cc1ccc(C2c3cccn3CCN2CC(=O)N2CCN(C(Cc3ccccc3)C3=COCO3)CC2)cc1. The Morgan fingerprint density at radius 2 is 1.71 bits per heavy atom. The van der Waals surface area contributed by atoms with Gasteiger partial charge in [0.05, 0.1) is 18.6 Å². The number of ether oxygens (including phenoxy) is 2. The number of aryl methyl sites for hydroxylation is 1. The highest BCUT2D eigenvalue weighted by molar-refractivity contribution is 5.78. The molecule has 7 heteroatoms. The van der Waals surface area contributed by atoms with Crippen molar-refractivity contribution in [2.75, 3.05) is 46.1 Å². The van der Waals surface area contributed by atoms with Gasteiger partial charge in [0, 0.05) is 51.2 Å². The number of hydrogen-bond acceptors (Lipinski definition) is 5. The summed E-state index contributed by atoms with van der Waals surface area (Å²) in [6.07, 6.45) is 4.76. The van der Waals surface area contributed by atoms with E-state index in [0.29, 0.717) is 6.54 Å². The van der Waals surface area contributed by atoms with Gasteiger partial charge >= 0.3 is 0 Å². The molecule has 38 heavy (non-hydrogen) atoms. The highest BCUT2D eigenvalue weighted by Crippen LogP contribution is 2.32. The van der Waals surface area contributed by atoms with Crippen molar-refractivity contribution in [3.05, 3.63) is 107 Å². The van der Waals surface area contributed by atoms with E-state index in [1.54, 1.807) is 6.26 Å². The molecule has 2 aromatic carbocycles. The zero-order valence-corrected chi connectivity index (χ0v) is 22.0. The van der Waals surface area contributed by atoms with E-state index in [9.17, 15) is 4.79 Å². The van der Waals surface area contributed by atoms with Crippen molar-refractivity contribution in [2.45, 2.75) is 32.0 Å². The summed E-state index contributed by atoms with van der Waals surface area (Å²) in [5, 5.41) is 0. The van der Waals surface area contributed by atoms with Crippen molar-refractivity contribution < 1.29 is 14.3 Å². The molecule has 0 radical (unpaired) electrons. The summed E-state index contributed by atoms with van der Waals surface area (Å²) >= 11 is 0. The highest BCUT2D eigenvalue weighted by Gasteiger charge is 2.34. The number of carbonyl (C=O) groups excluding carboxylic acids is 1. The zero-order chi connectivity index (χ0) is 25.9. The van der Waals surface area contributed by atoms with Gasteiger partial charge < -0.3 is 18.9 Å². The van der Waals surface area contributed by atoms with Crippen LogP contribution in [0.4, 0.5) is 0 Å². The minimum absolute atomic E-state index is 0.0892. The smallest absolute Gasteiger partial charge is 0.236 e. The summed E-state index contributed by atoms with van der Waals surface area (Å²) < 4.78 is 13.5. The quantitative estimate of drug-likeness (QED) is 0.482. The number of rotatable bonds is 7. The third kappa shape index (κ3) is 5.22. The van der Waals surface area contributed by atoms with Crippen LogP contribution in [0.15, 0.2) is 84.9 Å². The van der Waals surface area contributed by atoms with Crippen LogP contribution in [0.2, 0.25) is 0 Å². The summed E-state index contributed by atoms with van der Waals surface area (Å²) in [7, 11) is 0. The van der Waals surface area contributed by atoms with Gasteiger partial charge in [0.25, 0.3) is 0 Å². The predicted octanol–water partition coefficient (Wildman–Crippen LogP) is 3.80. The van der Waals surface area contributed by atoms with Gasteiger partial charge in [-0.1, -0.05) is 60.2 Å². The van der Waals surface area contributed by atoms with Crippen LogP contribution in [0.1, 0.15) is 28.4 Å². The van der Waals surface area contributed by atoms with Gasteiger partial charge in [-0.25, -0.2) is 0 Å². The molecule has 0 saturated carbocycles. The van der Waals surface area contributed by atoms with Gasteiger partial charge in [-0.3, -0.25) is 14.6 Å². The lowest BCUT2D eigenvalue weighted by atomic mass is 9.98. The molecule has 2 atom stereocenters. The summed E-state index contributed by atoms with van der Waals surface area (Å²) in [5.41, 5.74) is 5.01. The van der Waals surface area contributed by atoms with Crippen LogP contribution in [-0.2, 0) is 27.2 Å². The fourth-order valence-electron chi connectivity index (χ4n) is 5.96. The number of nitrogens with zero attached hydrogens (tertiary/aromatic N) is 4. The fraction of sp³-hybridized carbons (Fsp3) is 0.387. The predicted molar refractivity (Wildman–Crippen MR) is 146 cm³/mol. The maximum Gasteiger partial charge on any atom is 0.236 e. The van der Waals surface area contributed by atoms with E-state index in [2.05, 4.69) is 88.2 Å². The molecule has 198 valence electrons. The Hall–Kier alpha value is -3.55. The molecule has 1 saturated heterocycles. The molecule has 0 spiro atoms. The second-order valence-corrected chi connectivity index (χ2v) is 10.5. The number of benzene rings is 2. The monoisotopic (exact) mass is 512 g/mol.